The van der Waals surface area contributed by atoms with Gasteiger partial charge in [-0.3, -0.25) is 0 Å². The van der Waals surface area contributed by atoms with Gasteiger partial charge in [-0.05, 0) is 38.0 Å². The van der Waals surface area contributed by atoms with E-state index in [1.54, 1.807) is 0 Å². The Kier molecular flexibility index (Phi) is 3.26. The topological polar surface area (TPSA) is 35.1 Å². The first-order valence-corrected chi connectivity index (χ1v) is 7.28. The zero-order chi connectivity index (χ0) is 14.3. The highest BCUT2D eigenvalue weighted by atomic mass is 35.5. The zero-order valence-electron chi connectivity index (χ0n) is 11.9. The van der Waals surface area contributed by atoms with Crippen LogP contribution in [-0.2, 0) is 12.3 Å². The fourth-order valence-corrected chi connectivity index (χ4v) is 2.97. The Morgan fingerprint density at radius 1 is 1.25 bits per heavy atom. The second-order valence-electron chi connectivity index (χ2n) is 4.86. The van der Waals surface area contributed by atoms with Crippen LogP contribution in [0.3, 0.4) is 0 Å². The van der Waals surface area contributed by atoms with Crippen molar-refractivity contribution in [3.63, 3.8) is 0 Å². The molecule has 4 nitrogen and oxygen atoms in total. The van der Waals surface area contributed by atoms with Crippen molar-refractivity contribution >= 4 is 17.2 Å². The number of hydrogen-bond donors (Lipinski definition) is 0. The second-order valence-corrected chi connectivity index (χ2v) is 5.13. The molecule has 5 heteroatoms. The largest absolute Gasteiger partial charge is 0.301 e. The molecule has 0 spiro atoms. The van der Waals surface area contributed by atoms with Gasteiger partial charge in [0.25, 0.3) is 0 Å². The number of imidazole rings is 1. The van der Waals surface area contributed by atoms with Crippen molar-refractivity contribution in [3.8, 4) is 5.82 Å². The maximum Gasteiger partial charge on any atom is 0.177 e. The smallest absolute Gasteiger partial charge is 0.177 e. The average Bonchev–Trinajstić information content (AvgIpc) is 2.95. The fraction of sp³-hybridized carbons (Fsp3) is 0.333. The molecule has 0 radical (unpaired) electrons. The number of fused-ring (bicyclic) bond motifs is 1. The Balaban J connectivity index is 2.29. The van der Waals surface area contributed by atoms with E-state index in [4.69, 9.17) is 11.6 Å². The lowest BCUT2D eigenvalue weighted by atomic mass is 10.1. The van der Waals surface area contributed by atoms with E-state index in [-0.39, 0.29) is 0 Å². The number of aryl methyl sites for hydroxylation is 1. The zero-order valence-corrected chi connectivity index (χ0v) is 12.6. The standard InChI is InChI=1S/C15H17ClN4/c1-4-12-10(2)18-20(11(12)3)15-13(9-16)19-8-6-5-7-14(19)17-15/h5-8H,4,9H2,1-3H3. The molecular weight excluding hydrogens is 272 g/mol. The molecule has 20 heavy (non-hydrogen) atoms. The minimum absolute atomic E-state index is 0.403. The Morgan fingerprint density at radius 2 is 2.05 bits per heavy atom. The third kappa shape index (κ3) is 1.83. The molecule has 0 saturated carbocycles. The summed E-state index contributed by atoms with van der Waals surface area (Å²) >= 11 is 6.13. The van der Waals surface area contributed by atoms with E-state index in [2.05, 4.69) is 23.9 Å². The van der Waals surface area contributed by atoms with E-state index in [0.29, 0.717) is 5.88 Å². The molecule has 3 aromatic rings. The first kappa shape index (κ1) is 13.2. The maximum atomic E-state index is 6.13. The van der Waals surface area contributed by atoms with Gasteiger partial charge < -0.3 is 4.40 Å². The molecule has 0 fully saturated rings. The number of halogens is 1. The van der Waals surface area contributed by atoms with Gasteiger partial charge in [-0.25, -0.2) is 9.67 Å². The molecule has 3 heterocycles. The normalized spacial score (nSPS) is 11.4. The van der Waals surface area contributed by atoms with E-state index in [1.165, 1.54) is 5.56 Å². The van der Waals surface area contributed by atoms with Gasteiger partial charge in [0.2, 0.25) is 0 Å². The van der Waals surface area contributed by atoms with Crippen LogP contribution in [0.2, 0.25) is 0 Å². The molecule has 0 unspecified atom stereocenters. The number of hydrogen-bond acceptors (Lipinski definition) is 2. The highest BCUT2D eigenvalue weighted by Gasteiger charge is 2.18. The summed E-state index contributed by atoms with van der Waals surface area (Å²) in [7, 11) is 0. The quantitative estimate of drug-likeness (QED) is 0.692. The second kappa shape index (κ2) is 4.94. The maximum absolute atomic E-state index is 6.13. The summed E-state index contributed by atoms with van der Waals surface area (Å²) in [4.78, 5) is 4.68. The summed E-state index contributed by atoms with van der Waals surface area (Å²) in [5, 5.41) is 4.64. The van der Waals surface area contributed by atoms with Gasteiger partial charge in [-0.15, -0.1) is 11.6 Å². The van der Waals surface area contributed by atoms with Crippen LogP contribution in [0.5, 0.6) is 0 Å². The number of alkyl halides is 1. The van der Waals surface area contributed by atoms with Crippen molar-refractivity contribution in [2.75, 3.05) is 0 Å². The molecule has 0 atom stereocenters. The summed E-state index contributed by atoms with van der Waals surface area (Å²) < 4.78 is 3.93. The summed E-state index contributed by atoms with van der Waals surface area (Å²) in [5.74, 6) is 1.23. The lowest BCUT2D eigenvalue weighted by Crippen LogP contribution is -2.03. The van der Waals surface area contributed by atoms with Crippen molar-refractivity contribution < 1.29 is 0 Å². The fourth-order valence-electron chi connectivity index (χ4n) is 2.72. The summed E-state index contributed by atoms with van der Waals surface area (Å²) in [6.45, 7) is 6.27. The minimum Gasteiger partial charge on any atom is -0.301 e. The predicted molar refractivity (Wildman–Crippen MR) is 80.7 cm³/mol. The molecular formula is C15H17ClN4. The predicted octanol–water partition coefficient (Wildman–Crippen LogP) is 3.44. The molecule has 0 N–H and O–H groups in total. The van der Waals surface area contributed by atoms with Crippen molar-refractivity contribution in [3.05, 3.63) is 47.0 Å². The third-order valence-electron chi connectivity index (χ3n) is 3.73. The summed E-state index contributed by atoms with van der Waals surface area (Å²) in [6, 6.07) is 5.93. The molecule has 104 valence electrons. The van der Waals surface area contributed by atoms with Gasteiger partial charge in [0.1, 0.15) is 5.65 Å². The highest BCUT2D eigenvalue weighted by molar-refractivity contribution is 6.17. The van der Waals surface area contributed by atoms with Gasteiger partial charge in [0, 0.05) is 11.9 Å². The van der Waals surface area contributed by atoms with E-state index in [0.717, 1.165) is 35.0 Å². The van der Waals surface area contributed by atoms with E-state index < -0.39 is 0 Å². The summed E-state index contributed by atoms with van der Waals surface area (Å²) in [5.41, 5.74) is 5.34. The van der Waals surface area contributed by atoms with Crippen molar-refractivity contribution in [2.24, 2.45) is 0 Å². The van der Waals surface area contributed by atoms with Crippen molar-refractivity contribution in [1.29, 1.82) is 0 Å². The number of aromatic nitrogens is 4. The molecule has 0 aromatic carbocycles. The van der Waals surface area contributed by atoms with Crippen LogP contribution in [0, 0.1) is 13.8 Å². The molecule has 0 amide bonds. The monoisotopic (exact) mass is 288 g/mol. The van der Waals surface area contributed by atoms with Crippen LogP contribution in [0.4, 0.5) is 0 Å². The third-order valence-corrected chi connectivity index (χ3v) is 3.98. The van der Waals surface area contributed by atoms with Crippen LogP contribution in [0.1, 0.15) is 29.6 Å². The minimum atomic E-state index is 0.403. The van der Waals surface area contributed by atoms with Gasteiger partial charge in [-0.2, -0.15) is 5.10 Å². The van der Waals surface area contributed by atoms with Gasteiger partial charge in [-0.1, -0.05) is 13.0 Å². The molecule has 0 saturated heterocycles. The van der Waals surface area contributed by atoms with E-state index in [9.17, 15) is 0 Å². The highest BCUT2D eigenvalue weighted by Crippen LogP contribution is 2.23. The first-order valence-electron chi connectivity index (χ1n) is 6.74. The lowest BCUT2D eigenvalue weighted by Gasteiger charge is -2.04. The van der Waals surface area contributed by atoms with E-state index in [1.807, 2.05) is 40.4 Å². The Hall–Kier alpha value is -1.81. The first-order chi connectivity index (χ1) is 9.67. The Labute approximate surface area is 123 Å². The Morgan fingerprint density at radius 3 is 2.70 bits per heavy atom. The van der Waals surface area contributed by atoms with Gasteiger partial charge in [0.15, 0.2) is 5.82 Å². The average molecular weight is 289 g/mol. The van der Waals surface area contributed by atoms with E-state index >= 15 is 0 Å². The lowest BCUT2D eigenvalue weighted by molar-refractivity contribution is 0.802. The van der Waals surface area contributed by atoms with Crippen LogP contribution in [0.15, 0.2) is 24.4 Å². The number of nitrogens with zero attached hydrogens (tertiary/aromatic N) is 4. The number of pyridine rings is 1. The van der Waals surface area contributed by atoms with Gasteiger partial charge in [0.05, 0.1) is 17.3 Å². The van der Waals surface area contributed by atoms with Crippen LogP contribution >= 0.6 is 11.6 Å². The van der Waals surface area contributed by atoms with Crippen molar-refractivity contribution in [2.45, 2.75) is 33.1 Å². The molecule has 0 aliphatic rings. The van der Waals surface area contributed by atoms with Crippen molar-refractivity contribution in [1.82, 2.24) is 19.2 Å². The van der Waals surface area contributed by atoms with Gasteiger partial charge >= 0.3 is 0 Å². The molecule has 3 rings (SSSR count). The molecule has 0 aliphatic heterocycles. The van der Waals surface area contributed by atoms with Crippen LogP contribution in [0.25, 0.3) is 11.5 Å². The number of rotatable bonds is 3. The summed E-state index contributed by atoms with van der Waals surface area (Å²) in [6.07, 6.45) is 2.96. The molecule has 0 aliphatic carbocycles. The molecule has 0 bridgehead atoms. The Bertz CT molecular complexity index is 770. The van der Waals surface area contributed by atoms with Crippen LogP contribution in [-0.4, -0.2) is 19.2 Å². The van der Waals surface area contributed by atoms with Crippen LogP contribution < -0.4 is 0 Å². The molecule has 3 aromatic heterocycles. The SMILES string of the molecule is CCc1c(C)nn(-c2nc3ccccn3c2CCl)c1C.